The van der Waals surface area contributed by atoms with Crippen LogP contribution >= 0.6 is 0 Å². The van der Waals surface area contributed by atoms with Gasteiger partial charge in [0.05, 0.1) is 25.7 Å². The van der Waals surface area contributed by atoms with Crippen molar-refractivity contribution in [3.05, 3.63) is 29.8 Å². The molecule has 7 nitrogen and oxygen atoms in total. The largest absolute Gasteiger partial charge is 0.497 e. The Hall–Kier alpha value is -2.12. The number of hydrogen-bond donors (Lipinski definition) is 2. The van der Waals surface area contributed by atoms with Crippen LogP contribution in [0.3, 0.4) is 0 Å². The zero-order valence-electron chi connectivity index (χ0n) is 15.2. The first-order chi connectivity index (χ1) is 12.6. The number of aliphatic hydroxyl groups excluding tert-OH is 1. The van der Waals surface area contributed by atoms with Crippen LogP contribution in [0.25, 0.3) is 0 Å². The number of piperazine rings is 1. The fraction of sp³-hybridized carbons (Fsp3) is 0.579. The maximum atomic E-state index is 12.6. The number of rotatable bonds is 5. The molecule has 0 radical (unpaired) electrons. The van der Waals surface area contributed by atoms with Crippen LogP contribution in [0.4, 0.5) is 0 Å². The number of carbonyl (C=O) groups is 2. The molecule has 0 aromatic heterocycles. The van der Waals surface area contributed by atoms with Gasteiger partial charge in [0.25, 0.3) is 0 Å². The van der Waals surface area contributed by atoms with Crippen LogP contribution in [0.1, 0.15) is 24.8 Å². The minimum atomic E-state index is -0.464. The van der Waals surface area contributed by atoms with Crippen molar-refractivity contribution in [2.45, 2.75) is 38.0 Å². The van der Waals surface area contributed by atoms with E-state index >= 15 is 0 Å². The number of nitrogens with one attached hydrogen (secondary N) is 1. The van der Waals surface area contributed by atoms with Crippen LogP contribution in [0.2, 0.25) is 0 Å². The average Bonchev–Trinajstić information content (AvgIpc) is 2.65. The Morgan fingerprint density at radius 2 is 2.08 bits per heavy atom. The summed E-state index contributed by atoms with van der Waals surface area (Å²) in [7, 11) is 1.63. The summed E-state index contributed by atoms with van der Waals surface area (Å²) in [6.07, 6.45) is 1.07. The smallest absolute Gasteiger partial charge is 0.237 e. The number of carbonyl (C=O) groups excluding carboxylic acids is 2. The number of ether oxygens (including phenoxy) is 1. The van der Waals surface area contributed by atoms with Crippen molar-refractivity contribution < 1.29 is 19.4 Å². The number of hydrogen-bond acceptors (Lipinski definition) is 5. The molecule has 1 aromatic carbocycles. The minimum absolute atomic E-state index is 0.0189. The molecule has 0 aliphatic carbocycles. The topological polar surface area (TPSA) is 82.1 Å². The number of amides is 2. The van der Waals surface area contributed by atoms with Crippen molar-refractivity contribution in [2.75, 3.05) is 33.3 Å². The normalized spacial score (nSPS) is 22.2. The lowest BCUT2D eigenvalue weighted by molar-refractivity contribution is -0.140. The summed E-state index contributed by atoms with van der Waals surface area (Å²) in [5.74, 6) is 0.669. The molecule has 1 aromatic rings. The highest BCUT2D eigenvalue weighted by molar-refractivity contribution is 5.88. The molecular formula is C19H27N3O4. The quantitative estimate of drug-likeness (QED) is 0.792. The summed E-state index contributed by atoms with van der Waals surface area (Å²) in [4.78, 5) is 28.9. The van der Waals surface area contributed by atoms with Crippen molar-refractivity contribution in [1.82, 2.24) is 15.1 Å². The van der Waals surface area contributed by atoms with E-state index in [0.29, 0.717) is 45.6 Å². The van der Waals surface area contributed by atoms with Crippen LogP contribution < -0.4 is 10.1 Å². The van der Waals surface area contributed by atoms with Crippen molar-refractivity contribution in [1.29, 1.82) is 0 Å². The van der Waals surface area contributed by atoms with Crippen molar-refractivity contribution in [3.63, 3.8) is 0 Å². The molecule has 3 rings (SSSR count). The van der Waals surface area contributed by atoms with E-state index in [1.165, 1.54) is 0 Å². The Morgan fingerprint density at radius 3 is 2.81 bits per heavy atom. The molecule has 2 N–H and O–H groups in total. The first-order valence-electron chi connectivity index (χ1n) is 9.17. The van der Waals surface area contributed by atoms with Crippen LogP contribution in [0.15, 0.2) is 24.3 Å². The molecule has 142 valence electrons. The Labute approximate surface area is 153 Å². The second-order valence-electron chi connectivity index (χ2n) is 6.94. The minimum Gasteiger partial charge on any atom is -0.497 e. The van der Waals surface area contributed by atoms with Gasteiger partial charge in [-0.3, -0.25) is 14.5 Å². The fourth-order valence-corrected chi connectivity index (χ4v) is 3.59. The van der Waals surface area contributed by atoms with Crippen LogP contribution in [0.5, 0.6) is 5.75 Å². The van der Waals surface area contributed by atoms with Gasteiger partial charge in [0, 0.05) is 32.7 Å². The van der Waals surface area contributed by atoms with Crippen molar-refractivity contribution in [3.8, 4) is 5.75 Å². The monoisotopic (exact) mass is 361 g/mol. The highest BCUT2D eigenvalue weighted by Crippen LogP contribution is 2.19. The summed E-state index contributed by atoms with van der Waals surface area (Å²) in [5.41, 5.74) is 1.05. The molecule has 0 unspecified atom stereocenters. The van der Waals surface area contributed by atoms with E-state index in [1.807, 2.05) is 24.3 Å². The lowest BCUT2D eigenvalue weighted by Gasteiger charge is -2.37. The van der Waals surface area contributed by atoms with Gasteiger partial charge >= 0.3 is 0 Å². The highest BCUT2D eigenvalue weighted by Gasteiger charge is 2.33. The molecule has 1 atom stereocenters. The molecule has 2 amide bonds. The van der Waals surface area contributed by atoms with E-state index in [0.717, 1.165) is 11.3 Å². The van der Waals surface area contributed by atoms with Gasteiger partial charge < -0.3 is 20.1 Å². The number of likely N-dealkylation sites (tertiary alicyclic amines) is 1. The highest BCUT2D eigenvalue weighted by atomic mass is 16.5. The standard InChI is InChI=1S/C19H27N3O4/c1-26-16-4-2-3-14(11-16)13-22-10-7-20-19(25)17(22)12-18(24)21-8-5-15(23)6-9-21/h2-4,11,15,17,23H,5-10,12-13H2,1H3,(H,20,25)/t17-/m1/s1. The molecule has 2 aliphatic rings. The van der Waals surface area contributed by atoms with Crippen LogP contribution in [-0.2, 0) is 16.1 Å². The zero-order valence-corrected chi connectivity index (χ0v) is 15.2. The third-order valence-electron chi connectivity index (χ3n) is 5.15. The number of aliphatic hydroxyl groups is 1. The molecule has 26 heavy (non-hydrogen) atoms. The first kappa shape index (κ1) is 18.7. The van der Waals surface area contributed by atoms with E-state index in [1.54, 1.807) is 12.0 Å². The van der Waals surface area contributed by atoms with Gasteiger partial charge in [-0.05, 0) is 30.5 Å². The van der Waals surface area contributed by atoms with Gasteiger partial charge in [-0.2, -0.15) is 0 Å². The van der Waals surface area contributed by atoms with Crippen molar-refractivity contribution in [2.24, 2.45) is 0 Å². The summed E-state index contributed by atoms with van der Waals surface area (Å²) in [5, 5.41) is 12.5. The van der Waals surface area contributed by atoms with Crippen molar-refractivity contribution >= 4 is 11.8 Å². The average molecular weight is 361 g/mol. The van der Waals surface area contributed by atoms with Crippen LogP contribution in [0, 0.1) is 0 Å². The lowest BCUT2D eigenvalue weighted by Crippen LogP contribution is -2.56. The van der Waals surface area contributed by atoms with Gasteiger partial charge in [-0.25, -0.2) is 0 Å². The second kappa shape index (κ2) is 8.51. The first-order valence-corrected chi connectivity index (χ1v) is 9.17. The Kier molecular flexibility index (Phi) is 6.11. The second-order valence-corrected chi connectivity index (χ2v) is 6.94. The van der Waals surface area contributed by atoms with Gasteiger partial charge in [-0.15, -0.1) is 0 Å². The Balaban J connectivity index is 1.66. The van der Waals surface area contributed by atoms with Gasteiger partial charge in [0.15, 0.2) is 0 Å². The van der Waals surface area contributed by atoms with E-state index in [2.05, 4.69) is 10.2 Å². The molecule has 0 spiro atoms. The zero-order chi connectivity index (χ0) is 18.5. The molecule has 0 saturated carbocycles. The summed E-state index contributed by atoms with van der Waals surface area (Å²) < 4.78 is 5.27. The predicted octanol–water partition coefficient (Wildman–Crippen LogP) is 0.369. The molecule has 2 heterocycles. The van der Waals surface area contributed by atoms with Gasteiger partial charge in [0.1, 0.15) is 5.75 Å². The molecule has 2 saturated heterocycles. The maximum absolute atomic E-state index is 12.6. The van der Waals surface area contributed by atoms with E-state index in [4.69, 9.17) is 4.74 Å². The molecule has 2 fully saturated rings. The SMILES string of the molecule is COc1cccc(CN2CCNC(=O)[C@H]2CC(=O)N2CCC(O)CC2)c1. The fourth-order valence-electron chi connectivity index (χ4n) is 3.59. The summed E-state index contributed by atoms with van der Waals surface area (Å²) >= 11 is 0. The van der Waals surface area contributed by atoms with E-state index < -0.39 is 6.04 Å². The predicted molar refractivity (Wildman–Crippen MR) is 96.6 cm³/mol. The number of nitrogens with zero attached hydrogens (tertiary/aromatic N) is 2. The maximum Gasteiger partial charge on any atom is 0.237 e. The molecule has 2 aliphatic heterocycles. The Bertz CT molecular complexity index is 643. The molecule has 0 bridgehead atoms. The number of piperidine rings is 1. The lowest BCUT2D eigenvalue weighted by atomic mass is 10.0. The third-order valence-corrected chi connectivity index (χ3v) is 5.15. The molecule has 7 heteroatoms. The summed E-state index contributed by atoms with van der Waals surface area (Å²) in [6.45, 7) is 3.01. The summed E-state index contributed by atoms with van der Waals surface area (Å²) in [6, 6.07) is 7.31. The Morgan fingerprint density at radius 1 is 1.31 bits per heavy atom. The van der Waals surface area contributed by atoms with E-state index in [-0.39, 0.29) is 24.3 Å². The number of benzene rings is 1. The van der Waals surface area contributed by atoms with E-state index in [9.17, 15) is 14.7 Å². The third kappa shape index (κ3) is 4.53. The van der Waals surface area contributed by atoms with Gasteiger partial charge in [0.2, 0.25) is 11.8 Å². The molecular weight excluding hydrogens is 334 g/mol. The number of methoxy groups -OCH3 is 1. The van der Waals surface area contributed by atoms with Gasteiger partial charge in [-0.1, -0.05) is 12.1 Å². The van der Waals surface area contributed by atoms with Crippen LogP contribution in [-0.4, -0.2) is 72.2 Å².